The molecule has 1 fully saturated rings. The molecule has 2 aromatic rings. The van der Waals surface area contributed by atoms with E-state index in [9.17, 15) is 4.79 Å². The van der Waals surface area contributed by atoms with Crippen molar-refractivity contribution in [1.29, 1.82) is 0 Å². The Morgan fingerprint density at radius 2 is 2.37 bits per heavy atom. The number of hydrogen-bond acceptors (Lipinski definition) is 3. The third-order valence-electron chi connectivity index (χ3n) is 3.72. The maximum Gasteiger partial charge on any atom is 0.241 e. The first-order valence-electron chi connectivity index (χ1n) is 6.70. The topological polar surface area (TPSA) is 69.8 Å². The Morgan fingerprint density at radius 1 is 1.47 bits per heavy atom. The summed E-state index contributed by atoms with van der Waals surface area (Å²) in [6, 6.07) is 5.69. The first-order valence-corrected chi connectivity index (χ1v) is 6.70. The summed E-state index contributed by atoms with van der Waals surface area (Å²) in [6.45, 7) is 3.10. The van der Waals surface area contributed by atoms with Gasteiger partial charge in [-0.1, -0.05) is 19.1 Å². The summed E-state index contributed by atoms with van der Waals surface area (Å²) in [4.78, 5) is 12.3. The highest BCUT2D eigenvalue weighted by atomic mass is 16.2. The number of piperidine rings is 1. The van der Waals surface area contributed by atoms with E-state index in [4.69, 9.17) is 0 Å². The highest BCUT2D eigenvalue weighted by Gasteiger charge is 2.24. The Kier molecular flexibility index (Phi) is 3.21. The third-order valence-corrected chi connectivity index (χ3v) is 3.72. The maximum atomic E-state index is 12.3. The average Bonchev–Trinajstić information content (AvgIpc) is 2.88. The summed E-state index contributed by atoms with van der Waals surface area (Å²) in [5, 5.41) is 14.2. The lowest BCUT2D eigenvalue weighted by Crippen LogP contribution is -2.45. The summed E-state index contributed by atoms with van der Waals surface area (Å²) in [6.07, 6.45) is 3.79. The predicted molar refractivity (Wildman–Crippen MR) is 74.9 cm³/mol. The molecule has 0 aliphatic carbocycles. The molecule has 1 aromatic heterocycles. The number of benzene rings is 1. The Hall–Kier alpha value is -1.88. The SMILES string of the molecule is CC1CCNC(C(=O)Nc2cccc3cn[nH]c23)C1. The van der Waals surface area contributed by atoms with Crippen LogP contribution < -0.4 is 10.6 Å². The fourth-order valence-electron chi connectivity index (χ4n) is 2.60. The maximum absolute atomic E-state index is 12.3. The lowest BCUT2D eigenvalue weighted by atomic mass is 9.94. The zero-order chi connectivity index (χ0) is 13.2. The Morgan fingerprint density at radius 3 is 3.21 bits per heavy atom. The van der Waals surface area contributed by atoms with Crippen molar-refractivity contribution in [1.82, 2.24) is 15.5 Å². The number of aromatic amines is 1. The molecule has 0 spiro atoms. The van der Waals surface area contributed by atoms with Gasteiger partial charge in [-0.3, -0.25) is 9.89 Å². The number of fused-ring (bicyclic) bond motifs is 1. The number of carbonyl (C=O) groups is 1. The minimum absolute atomic E-state index is 0.0358. The molecule has 1 aromatic carbocycles. The fraction of sp³-hybridized carbons (Fsp3) is 0.429. The molecule has 100 valence electrons. The summed E-state index contributed by atoms with van der Waals surface area (Å²) < 4.78 is 0. The van der Waals surface area contributed by atoms with Crippen molar-refractivity contribution in [3.63, 3.8) is 0 Å². The Bertz CT molecular complexity index is 592. The van der Waals surface area contributed by atoms with Crippen molar-refractivity contribution in [3.05, 3.63) is 24.4 Å². The van der Waals surface area contributed by atoms with Gasteiger partial charge in [0, 0.05) is 5.39 Å². The molecule has 2 heterocycles. The van der Waals surface area contributed by atoms with Gasteiger partial charge in [-0.2, -0.15) is 5.10 Å². The van der Waals surface area contributed by atoms with Gasteiger partial charge in [-0.25, -0.2) is 0 Å². The van der Waals surface area contributed by atoms with Crippen LogP contribution in [0.2, 0.25) is 0 Å². The number of amides is 1. The first kappa shape index (κ1) is 12.2. The highest BCUT2D eigenvalue weighted by molar-refractivity contribution is 6.02. The smallest absolute Gasteiger partial charge is 0.241 e. The molecule has 2 unspecified atom stereocenters. The largest absolute Gasteiger partial charge is 0.323 e. The molecule has 5 nitrogen and oxygen atoms in total. The van der Waals surface area contributed by atoms with Crippen LogP contribution in [0.1, 0.15) is 19.8 Å². The quantitative estimate of drug-likeness (QED) is 0.770. The molecule has 0 radical (unpaired) electrons. The van der Waals surface area contributed by atoms with Crippen molar-refractivity contribution in [2.24, 2.45) is 5.92 Å². The minimum atomic E-state index is -0.0954. The first-order chi connectivity index (χ1) is 9.24. The molecule has 1 aliphatic heterocycles. The number of hydrogen-bond donors (Lipinski definition) is 3. The second kappa shape index (κ2) is 5.01. The van der Waals surface area contributed by atoms with Gasteiger partial charge in [0.2, 0.25) is 5.91 Å². The van der Waals surface area contributed by atoms with E-state index >= 15 is 0 Å². The molecular formula is C14H18N4O. The van der Waals surface area contributed by atoms with E-state index in [0.717, 1.165) is 36.0 Å². The number of nitrogens with zero attached hydrogens (tertiary/aromatic N) is 1. The molecule has 1 aliphatic rings. The van der Waals surface area contributed by atoms with Gasteiger partial charge >= 0.3 is 0 Å². The van der Waals surface area contributed by atoms with Crippen LogP contribution in [0.15, 0.2) is 24.4 Å². The standard InChI is InChI=1S/C14H18N4O/c1-9-5-6-15-12(7-9)14(19)17-11-4-2-3-10-8-16-18-13(10)11/h2-4,8-9,12,15H,5-7H2,1H3,(H,16,18)(H,17,19). The van der Waals surface area contributed by atoms with Gasteiger partial charge in [0.1, 0.15) is 0 Å². The van der Waals surface area contributed by atoms with E-state index in [1.807, 2.05) is 18.2 Å². The number of aromatic nitrogens is 2. The predicted octanol–water partition coefficient (Wildman–Crippen LogP) is 1.89. The van der Waals surface area contributed by atoms with E-state index < -0.39 is 0 Å². The van der Waals surface area contributed by atoms with Crippen LogP contribution in [-0.2, 0) is 4.79 Å². The monoisotopic (exact) mass is 258 g/mol. The van der Waals surface area contributed by atoms with Crippen LogP contribution in [0.25, 0.3) is 10.9 Å². The van der Waals surface area contributed by atoms with Gasteiger partial charge in [-0.05, 0) is 31.4 Å². The second-order valence-electron chi connectivity index (χ2n) is 5.27. The number of rotatable bonds is 2. The van der Waals surface area contributed by atoms with E-state index in [1.165, 1.54) is 0 Å². The third kappa shape index (κ3) is 2.46. The van der Waals surface area contributed by atoms with Crippen LogP contribution in [-0.4, -0.2) is 28.7 Å². The van der Waals surface area contributed by atoms with Crippen LogP contribution >= 0.6 is 0 Å². The fourth-order valence-corrected chi connectivity index (χ4v) is 2.60. The average molecular weight is 258 g/mol. The van der Waals surface area contributed by atoms with Gasteiger partial charge in [-0.15, -0.1) is 0 Å². The molecule has 5 heteroatoms. The molecule has 2 atom stereocenters. The number of anilines is 1. The highest BCUT2D eigenvalue weighted by Crippen LogP contribution is 2.22. The molecule has 3 rings (SSSR count). The Balaban J connectivity index is 1.77. The Labute approximate surface area is 111 Å². The summed E-state index contributed by atoms with van der Waals surface area (Å²) >= 11 is 0. The zero-order valence-corrected chi connectivity index (χ0v) is 10.9. The number of H-pyrrole nitrogens is 1. The molecule has 0 saturated carbocycles. The van der Waals surface area contributed by atoms with E-state index in [1.54, 1.807) is 6.20 Å². The normalized spacial score (nSPS) is 23.4. The molecule has 1 amide bonds. The summed E-state index contributed by atoms with van der Waals surface area (Å²) in [5.74, 6) is 0.633. The van der Waals surface area contributed by atoms with Gasteiger partial charge in [0.25, 0.3) is 0 Å². The van der Waals surface area contributed by atoms with Crippen LogP contribution in [0.4, 0.5) is 5.69 Å². The van der Waals surface area contributed by atoms with Crippen molar-refractivity contribution >= 4 is 22.5 Å². The van der Waals surface area contributed by atoms with Crippen molar-refractivity contribution < 1.29 is 4.79 Å². The molecule has 3 N–H and O–H groups in total. The van der Waals surface area contributed by atoms with Gasteiger partial charge < -0.3 is 10.6 Å². The molecule has 0 bridgehead atoms. The van der Waals surface area contributed by atoms with Crippen molar-refractivity contribution in [2.45, 2.75) is 25.8 Å². The number of nitrogens with one attached hydrogen (secondary N) is 3. The van der Waals surface area contributed by atoms with Crippen molar-refractivity contribution in [3.8, 4) is 0 Å². The van der Waals surface area contributed by atoms with Gasteiger partial charge in [0.05, 0.1) is 23.4 Å². The number of para-hydroxylation sites is 1. The van der Waals surface area contributed by atoms with Crippen LogP contribution in [0, 0.1) is 5.92 Å². The molecular weight excluding hydrogens is 240 g/mol. The molecule has 1 saturated heterocycles. The lowest BCUT2D eigenvalue weighted by molar-refractivity contribution is -0.119. The second-order valence-corrected chi connectivity index (χ2v) is 5.27. The number of carbonyl (C=O) groups excluding carboxylic acids is 1. The van der Waals surface area contributed by atoms with Crippen LogP contribution in [0.5, 0.6) is 0 Å². The summed E-state index contributed by atoms with van der Waals surface area (Å²) in [5.41, 5.74) is 1.67. The molecule has 19 heavy (non-hydrogen) atoms. The van der Waals surface area contributed by atoms with Crippen LogP contribution in [0.3, 0.4) is 0 Å². The van der Waals surface area contributed by atoms with E-state index in [-0.39, 0.29) is 11.9 Å². The minimum Gasteiger partial charge on any atom is -0.323 e. The zero-order valence-electron chi connectivity index (χ0n) is 10.9. The summed E-state index contributed by atoms with van der Waals surface area (Å²) in [7, 11) is 0. The lowest BCUT2D eigenvalue weighted by Gasteiger charge is -2.27. The van der Waals surface area contributed by atoms with E-state index in [0.29, 0.717) is 5.92 Å². The van der Waals surface area contributed by atoms with Crippen molar-refractivity contribution in [2.75, 3.05) is 11.9 Å². The van der Waals surface area contributed by atoms with E-state index in [2.05, 4.69) is 27.8 Å². The van der Waals surface area contributed by atoms with Gasteiger partial charge in [0.15, 0.2) is 0 Å².